The summed E-state index contributed by atoms with van der Waals surface area (Å²) in [6.07, 6.45) is 0. The molecule has 8 aromatic carbocycles. The first-order valence-electron chi connectivity index (χ1n) is 18.9. The van der Waals surface area contributed by atoms with Crippen LogP contribution in [0.4, 0.5) is 0 Å². The number of hydrogen-bond donors (Lipinski definition) is 0. The molecule has 1 aliphatic heterocycles. The van der Waals surface area contributed by atoms with Crippen LogP contribution in [0.15, 0.2) is 212 Å². The quantitative estimate of drug-likeness (QED) is 0.165. The van der Waals surface area contributed by atoms with E-state index in [0.717, 1.165) is 61.6 Å². The number of aromatic nitrogens is 3. The highest BCUT2D eigenvalue weighted by atomic mass is 16.5. The van der Waals surface area contributed by atoms with Crippen molar-refractivity contribution in [3.63, 3.8) is 0 Å². The molecule has 2 heterocycles. The van der Waals surface area contributed by atoms with Gasteiger partial charge in [0.25, 0.3) is 0 Å². The Morgan fingerprint density at radius 3 is 1.00 bits per heavy atom. The first-order chi connectivity index (χ1) is 27.7. The van der Waals surface area contributed by atoms with Gasteiger partial charge in [-0.1, -0.05) is 200 Å². The van der Waals surface area contributed by atoms with E-state index < -0.39 is 5.41 Å². The number of para-hydroxylation sites is 2. The second-order valence-electron chi connectivity index (χ2n) is 14.0. The third kappa shape index (κ3) is 5.85. The third-order valence-electron chi connectivity index (χ3n) is 10.7. The van der Waals surface area contributed by atoms with Gasteiger partial charge >= 0.3 is 0 Å². The number of hydrogen-bond acceptors (Lipinski definition) is 4. The van der Waals surface area contributed by atoms with E-state index in [2.05, 4.69) is 140 Å². The maximum Gasteiger partial charge on any atom is 0.164 e. The standard InChI is InChI=1S/C52H35N3O/c1-4-14-40(15-5-1)49-53-50(41-16-6-2-7-17-41)55-51(54-49)42-30-28-38(29-31-42)36-24-26-37(27-25-36)39-32-34-44(35-33-39)52(43-18-8-3-9-19-43)45-20-10-12-22-47(45)56-48-23-13-11-21-46(48)52/h1-35H. The van der Waals surface area contributed by atoms with Gasteiger partial charge in [-0.2, -0.15) is 0 Å². The lowest BCUT2D eigenvalue weighted by Crippen LogP contribution is -2.34. The molecular weight excluding hydrogens is 683 g/mol. The average Bonchev–Trinajstić information content (AvgIpc) is 3.29. The van der Waals surface area contributed by atoms with Gasteiger partial charge in [0.15, 0.2) is 17.5 Å². The molecule has 0 unspecified atom stereocenters. The summed E-state index contributed by atoms with van der Waals surface area (Å²) in [5.41, 5.74) is 11.6. The number of rotatable bonds is 7. The van der Waals surface area contributed by atoms with Crippen LogP contribution in [0.3, 0.4) is 0 Å². The lowest BCUT2D eigenvalue weighted by atomic mass is 9.63. The van der Waals surface area contributed by atoms with Crippen molar-refractivity contribution in [1.82, 2.24) is 15.0 Å². The summed E-state index contributed by atoms with van der Waals surface area (Å²) in [7, 11) is 0. The summed E-state index contributed by atoms with van der Waals surface area (Å²) in [6, 6.07) is 74.0. The molecule has 264 valence electrons. The van der Waals surface area contributed by atoms with Crippen molar-refractivity contribution < 1.29 is 4.74 Å². The van der Waals surface area contributed by atoms with Crippen LogP contribution in [-0.2, 0) is 5.41 Å². The largest absolute Gasteiger partial charge is 0.457 e. The maximum atomic E-state index is 6.48. The molecule has 0 bridgehead atoms. The monoisotopic (exact) mass is 717 g/mol. The molecule has 0 amide bonds. The lowest BCUT2D eigenvalue weighted by molar-refractivity contribution is 0.434. The summed E-state index contributed by atoms with van der Waals surface area (Å²) in [5.74, 6) is 3.71. The second kappa shape index (κ2) is 14.1. The fourth-order valence-electron chi connectivity index (χ4n) is 7.99. The fraction of sp³-hybridized carbons (Fsp3) is 0.0192. The van der Waals surface area contributed by atoms with Crippen LogP contribution in [0.1, 0.15) is 22.3 Å². The molecule has 1 aliphatic rings. The van der Waals surface area contributed by atoms with Gasteiger partial charge in [0.1, 0.15) is 11.5 Å². The first-order valence-corrected chi connectivity index (χ1v) is 18.9. The van der Waals surface area contributed by atoms with Gasteiger partial charge in [-0.25, -0.2) is 15.0 Å². The molecule has 1 aromatic heterocycles. The molecule has 0 radical (unpaired) electrons. The van der Waals surface area contributed by atoms with E-state index in [1.165, 1.54) is 11.1 Å². The van der Waals surface area contributed by atoms with E-state index in [9.17, 15) is 0 Å². The molecule has 4 nitrogen and oxygen atoms in total. The van der Waals surface area contributed by atoms with Crippen LogP contribution in [0.5, 0.6) is 11.5 Å². The fourth-order valence-corrected chi connectivity index (χ4v) is 7.99. The van der Waals surface area contributed by atoms with Crippen molar-refractivity contribution in [2.45, 2.75) is 5.41 Å². The number of nitrogens with zero attached hydrogens (tertiary/aromatic N) is 3. The van der Waals surface area contributed by atoms with Gasteiger partial charge in [-0.3, -0.25) is 0 Å². The first kappa shape index (κ1) is 33.2. The van der Waals surface area contributed by atoms with Crippen molar-refractivity contribution in [2.24, 2.45) is 0 Å². The van der Waals surface area contributed by atoms with E-state index in [0.29, 0.717) is 17.5 Å². The predicted octanol–water partition coefficient (Wildman–Crippen LogP) is 12.7. The van der Waals surface area contributed by atoms with Crippen molar-refractivity contribution >= 4 is 0 Å². The normalized spacial score (nSPS) is 12.6. The molecule has 10 rings (SSSR count). The Morgan fingerprint density at radius 2 is 0.571 bits per heavy atom. The molecule has 0 saturated heterocycles. The van der Waals surface area contributed by atoms with Crippen molar-refractivity contribution in [3.05, 3.63) is 235 Å². The van der Waals surface area contributed by atoms with E-state index >= 15 is 0 Å². The number of fused-ring (bicyclic) bond motifs is 2. The summed E-state index contributed by atoms with van der Waals surface area (Å²) in [4.78, 5) is 14.6. The van der Waals surface area contributed by atoms with Crippen LogP contribution >= 0.6 is 0 Å². The second-order valence-corrected chi connectivity index (χ2v) is 14.0. The zero-order valence-corrected chi connectivity index (χ0v) is 30.5. The van der Waals surface area contributed by atoms with Crippen LogP contribution < -0.4 is 4.74 Å². The molecule has 56 heavy (non-hydrogen) atoms. The van der Waals surface area contributed by atoms with E-state index in [1.807, 2.05) is 72.8 Å². The minimum Gasteiger partial charge on any atom is -0.457 e. The molecule has 0 saturated carbocycles. The molecule has 4 heteroatoms. The van der Waals surface area contributed by atoms with E-state index in [-0.39, 0.29) is 0 Å². The zero-order valence-electron chi connectivity index (χ0n) is 30.5. The Balaban J connectivity index is 0.961. The van der Waals surface area contributed by atoms with Gasteiger partial charge in [-0.15, -0.1) is 0 Å². The molecule has 9 aromatic rings. The summed E-state index contributed by atoms with van der Waals surface area (Å²) >= 11 is 0. The van der Waals surface area contributed by atoms with Gasteiger partial charge in [0.2, 0.25) is 0 Å². The van der Waals surface area contributed by atoms with Gasteiger partial charge in [0, 0.05) is 27.8 Å². The minimum absolute atomic E-state index is 0.533. The Kier molecular flexibility index (Phi) is 8.34. The van der Waals surface area contributed by atoms with E-state index in [1.54, 1.807) is 0 Å². The minimum atomic E-state index is -0.533. The van der Waals surface area contributed by atoms with Crippen LogP contribution in [0, 0.1) is 0 Å². The molecule has 0 spiro atoms. The summed E-state index contributed by atoms with van der Waals surface area (Å²) < 4.78 is 6.48. The van der Waals surface area contributed by atoms with Crippen molar-refractivity contribution in [2.75, 3.05) is 0 Å². The maximum absolute atomic E-state index is 6.48. The van der Waals surface area contributed by atoms with Crippen molar-refractivity contribution in [1.29, 1.82) is 0 Å². The Bertz CT molecular complexity index is 2680. The SMILES string of the molecule is c1ccc(-c2nc(-c3ccccc3)nc(-c3ccc(-c4ccc(-c5ccc(C6(c7ccccc7)c7ccccc7Oc7ccccc76)cc5)cc4)cc3)n2)cc1. The molecule has 0 atom stereocenters. The average molecular weight is 718 g/mol. The van der Waals surface area contributed by atoms with Gasteiger partial charge < -0.3 is 4.74 Å². The zero-order chi connectivity index (χ0) is 37.3. The van der Waals surface area contributed by atoms with Gasteiger partial charge in [-0.05, 0) is 45.5 Å². The van der Waals surface area contributed by atoms with Crippen molar-refractivity contribution in [3.8, 4) is 67.9 Å². The Hall–Kier alpha value is -7.43. The highest BCUT2D eigenvalue weighted by Gasteiger charge is 2.45. The predicted molar refractivity (Wildman–Crippen MR) is 225 cm³/mol. The topological polar surface area (TPSA) is 47.9 Å². The smallest absolute Gasteiger partial charge is 0.164 e. The number of ether oxygens (including phenoxy) is 1. The van der Waals surface area contributed by atoms with E-state index in [4.69, 9.17) is 19.7 Å². The summed E-state index contributed by atoms with van der Waals surface area (Å²) in [5, 5.41) is 0. The lowest BCUT2D eigenvalue weighted by Gasteiger charge is -2.41. The molecule has 0 fully saturated rings. The van der Waals surface area contributed by atoms with Gasteiger partial charge in [0.05, 0.1) is 5.41 Å². The van der Waals surface area contributed by atoms with Crippen LogP contribution in [-0.4, -0.2) is 15.0 Å². The molecule has 0 N–H and O–H groups in total. The molecule has 0 aliphatic carbocycles. The highest BCUT2D eigenvalue weighted by molar-refractivity contribution is 5.75. The third-order valence-corrected chi connectivity index (χ3v) is 10.7. The Morgan fingerprint density at radius 1 is 0.268 bits per heavy atom. The summed E-state index contributed by atoms with van der Waals surface area (Å²) in [6.45, 7) is 0. The highest BCUT2D eigenvalue weighted by Crippen LogP contribution is 2.55. The van der Waals surface area contributed by atoms with Crippen LogP contribution in [0.2, 0.25) is 0 Å². The Labute approximate surface area is 326 Å². The van der Waals surface area contributed by atoms with Crippen LogP contribution in [0.25, 0.3) is 56.4 Å². The number of benzene rings is 8. The molecular formula is C52H35N3O.